The van der Waals surface area contributed by atoms with E-state index in [0.717, 1.165) is 25.7 Å². The molecule has 0 radical (unpaired) electrons. The van der Waals surface area contributed by atoms with Gasteiger partial charge in [-0.05, 0) is 25.0 Å². The lowest BCUT2D eigenvalue weighted by Gasteiger charge is -2.37. The Kier molecular flexibility index (Phi) is 4.44. The molecule has 0 aromatic heterocycles. The molecule has 1 aromatic rings. The molecule has 2 atom stereocenters. The van der Waals surface area contributed by atoms with Crippen molar-refractivity contribution in [3.8, 4) is 0 Å². The molecule has 1 aromatic carbocycles. The molecule has 0 saturated heterocycles. The van der Waals surface area contributed by atoms with E-state index in [0.29, 0.717) is 5.69 Å². The van der Waals surface area contributed by atoms with Crippen molar-refractivity contribution in [1.29, 1.82) is 0 Å². The third kappa shape index (κ3) is 2.70. The molecule has 1 saturated carbocycles. The fourth-order valence-electron chi connectivity index (χ4n) is 2.83. The maximum Gasteiger partial charge on any atom is 0.175 e. The molecule has 110 valence electrons. The highest BCUT2D eigenvalue weighted by atomic mass is 19.1. The Bertz CT molecular complexity index is 507. The Morgan fingerprint density at radius 1 is 1.40 bits per heavy atom. The van der Waals surface area contributed by atoms with E-state index in [1.54, 1.807) is 19.2 Å². The highest BCUT2D eigenvalue weighted by Gasteiger charge is 2.29. The molecule has 1 aliphatic carbocycles. The fourth-order valence-corrected chi connectivity index (χ4v) is 2.83. The monoisotopic (exact) mass is 281 g/mol. The van der Waals surface area contributed by atoms with Crippen molar-refractivity contribution in [2.24, 2.45) is 10.9 Å². The molecule has 1 fully saturated rings. The summed E-state index contributed by atoms with van der Waals surface area (Å²) in [4.78, 5) is 1.82. The molecule has 2 unspecified atom stereocenters. The number of aliphatic hydroxyl groups excluding tert-OH is 1. The summed E-state index contributed by atoms with van der Waals surface area (Å²) in [5, 5.41) is 21.8. The third-order valence-electron chi connectivity index (χ3n) is 3.93. The van der Waals surface area contributed by atoms with Gasteiger partial charge in [0.05, 0.1) is 23.4 Å². The third-order valence-corrected chi connectivity index (χ3v) is 3.93. The highest BCUT2D eigenvalue weighted by molar-refractivity contribution is 6.02. The van der Waals surface area contributed by atoms with E-state index < -0.39 is 11.9 Å². The maximum absolute atomic E-state index is 14.0. The zero-order valence-corrected chi connectivity index (χ0v) is 11.5. The van der Waals surface area contributed by atoms with Crippen LogP contribution in [0.5, 0.6) is 0 Å². The second-order valence-corrected chi connectivity index (χ2v) is 5.15. The summed E-state index contributed by atoms with van der Waals surface area (Å²) >= 11 is 0. The number of hydrogen-bond donors (Lipinski definition) is 3. The first-order chi connectivity index (χ1) is 9.56. The van der Waals surface area contributed by atoms with Crippen molar-refractivity contribution in [3.05, 3.63) is 29.6 Å². The number of oxime groups is 1. The summed E-state index contributed by atoms with van der Waals surface area (Å²) in [6.07, 6.45) is 3.16. The van der Waals surface area contributed by atoms with Crippen molar-refractivity contribution < 1.29 is 14.7 Å². The van der Waals surface area contributed by atoms with Crippen LogP contribution >= 0.6 is 0 Å². The van der Waals surface area contributed by atoms with E-state index in [2.05, 4.69) is 5.16 Å². The summed E-state index contributed by atoms with van der Waals surface area (Å²) in [7, 11) is 1.79. The minimum Gasteiger partial charge on any atom is -0.409 e. The van der Waals surface area contributed by atoms with Gasteiger partial charge in [-0.2, -0.15) is 0 Å². The van der Waals surface area contributed by atoms with E-state index >= 15 is 0 Å². The van der Waals surface area contributed by atoms with Gasteiger partial charge in [-0.15, -0.1) is 0 Å². The fraction of sp³-hybridized carbons (Fsp3) is 0.500. The number of halogens is 1. The molecule has 5 nitrogen and oxygen atoms in total. The van der Waals surface area contributed by atoms with Crippen LogP contribution in [0.3, 0.4) is 0 Å². The zero-order chi connectivity index (χ0) is 14.7. The lowest BCUT2D eigenvalue weighted by atomic mass is 9.91. The highest BCUT2D eigenvalue weighted by Crippen LogP contribution is 2.29. The Balaban J connectivity index is 2.39. The molecule has 0 amide bonds. The predicted molar refractivity (Wildman–Crippen MR) is 75.6 cm³/mol. The average molecular weight is 281 g/mol. The number of anilines is 1. The van der Waals surface area contributed by atoms with E-state index in [9.17, 15) is 9.50 Å². The van der Waals surface area contributed by atoms with Crippen LogP contribution in [0.4, 0.5) is 10.1 Å². The minimum absolute atomic E-state index is 0.0651. The summed E-state index contributed by atoms with van der Waals surface area (Å²) in [6.45, 7) is 0. The van der Waals surface area contributed by atoms with Gasteiger partial charge in [-0.3, -0.25) is 0 Å². The molecule has 6 heteroatoms. The predicted octanol–water partition coefficient (Wildman–Crippen LogP) is 1.66. The molecule has 0 spiro atoms. The van der Waals surface area contributed by atoms with Crippen LogP contribution in [0, 0.1) is 5.82 Å². The lowest BCUT2D eigenvalue weighted by molar-refractivity contribution is 0.106. The van der Waals surface area contributed by atoms with Gasteiger partial charge < -0.3 is 20.9 Å². The smallest absolute Gasteiger partial charge is 0.175 e. The van der Waals surface area contributed by atoms with Gasteiger partial charge in [0.2, 0.25) is 0 Å². The quantitative estimate of drug-likeness (QED) is 0.340. The largest absolute Gasteiger partial charge is 0.409 e. The maximum atomic E-state index is 14.0. The van der Waals surface area contributed by atoms with Crippen LogP contribution < -0.4 is 10.6 Å². The van der Waals surface area contributed by atoms with E-state index in [-0.39, 0.29) is 17.4 Å². The number of nitrogens with two attached hydrogens (primary N) is 1. The Hall–Kier alpha value is -1.82. The van der Waals surface area contributed by atoms with Gasteiger partial charge in [-0.25, -0.2) is 4.39 Å². The summed E-state index contributed by atoms with van der Waals surface area (Å²) in [5.41, 5.74) is 6.15. The number of hydrogen-bond acceptors (Lipinski definition) is 4. The first kappa shape index (κ1) is 14.6. The van der Waals surface area contributed by atoms with Gasteiger partial charge in [0, 0.05) is 7.05 Å². The minimum atomic E-state index is -0.546. The van der Waals surface area contributed by atoms with Crippen LogP contribution in [0.2, 0.25) is 0 Å². The van der Waals surface area contributed by atoms with E-state index in [1.165, 1.54) is 6.07 Å². The number of nitrogens with zero attached hydrogens (tertiary/aromatic N) is 2. The molecular formula is C14H20FN3O2. The van der Waals surface area contributed by atoms with E-state index in [4.69, 9.17) is 10.9 Å². The topological polar surface area (TPSA) is 82.1 Å². The van der Waals surface area contributed by atoms with Gasteiger partial charge >= 0.3 is 0 Å². The Morgan fingerprint density at radius 2 is 2.10 bits per heavy atom. The van der Waals surface area contributed by atoms with Gasteiger partial charge in [0.15, 0.2) is 5.84 Å². The van der Waals surface area contributed by atoms with Crippen LogP contribution in [0.1, 0.15) is 31.2 Å². The molecule has 0 bridgehead atoms. The van der Waals surface area contributed by atoms with Gasteiger partial charge in [-0.1, -0.05) is 24.1 Å². The summed E-state index contributed by atoms with van der Waals surface area (Å²) < 4.78 is 14.0. The van der Waals surface area contributed by atoms with Crippen molar-refractivity contribution in [2.45, 2.75) is 37.8 Å². The van der Waals surface area contributed by atoms with Gasteiger partial charge in [0.1, 0.15) is 5.82 Å². The molecule has 4 N–H and O–H groups in total. The Labute approximate surface area is 117 Å². The molecule has 1 aliphatic rings. The molecule has 0 aliphatic heterocycles. The molecule has 20 heavy (non-hydrogen) atoms. The normalized spacial score (nSPS) is 23.6. The Morgan fingerprint density at radius 3 is 2.75 bits per heavy atom. The summed E-state index contributed by atoms with van der Waals surface area (Å²) in [6, 6.07) is 4.46. The van der Waals surface area contributed by atoms with E-state index in [1.807, 2.05) is 4.90 Å². The van der Waals surface area contributed by atoms with Crippen molar-refractivity contribution in [3.63, 3.8) is 0 Å². The number of likely N-dealkylation sites (N-methyl/N-ethyl adjacent to an activating group) is 1. The molecule has 2 rings (SSSR count). The average Bonchev–Trinajstić information content (AvgIpc) is 2.46. The van der Waals surface area contributed by atoms with Crippen molar-refractivity contribution in [2.75, 3.05) is 11.9 Å². The van der Waals surface area contributed by atoms with Crippen LogP contribution in [0.15, 0.2) is 23.4 Å². The first-order valence-corrected chi connectivity index (χ1v) is 6.73. The number of rotatable bonds is 3. The standard InChI is InChI=1S/C14H20FN3O2/c1-18(10-6-2-3-8-12(10)19)11-7-4-5-9(15)13(11)14(16)17-20/h4-5,7,10,12,19-20H,2-3,6,8H2,1H3,(H2,16,17). The van der Waals surface area contributed by atoms with Crippen LogP contribution in [-0.2, 0) is 0 Å². The van der Waals surface area contributed by atoms with Gasteiger partial charge in [0.25, 0.3) is 0 Å². The second kappa shape index (κ2) is 6.09. The lowest BCUT2D eigenvalue weighted by Crippen LogP contribution is -2.44. The van der Waals surface area contributed by atoms with Crippen LogP contribution in [-0.4, -0.2) is 35.3 Å². The number of amidine groups is 1. The van der Waals surface area contributed by atoms with Crippen molar-refractivity contribution in [1.82, 2.24) is 0 Å². The number of benzene rings is 1. The molecule has 0 heterocycles. The SMILES string of the molecule is CN(c1cccc(F)c1/C(N)=N/O)C1CCCCC1O. The van der Waals surface area contributed by atoms with Crippen molar-refractivity contribution >= 4 is 11.5 Å². The first-order valence-electron chi connectivity index (χ1n) is 6.73. The van der Waals surface area contributed by atoms with Crippen LogP contribution in [0.25, 0.3) is 0 Å². The molecular weight excluding hydrogens is 261 g/mol. The zero-order valence-electron chi connectivity index (χ0n) is 11.5. The second-order valence-electron chi connectivity index (χ2n) is 5.15. The number of aliphatic hydroxyl groups is 1. The summed E-state index contributed by atoms with van der Waals surface area (Å²) in [5.74, 6) is -0.815.